The van der Waals surface area contributed by atoms with Gasteiger partial charge in [-0.2, -0.15) is 0 Å². The fourth-order valence-corrected chi connectivity index (χ4v) is 2.21. The molecule has 0 aliphatic heterocycles. The predicted molar refractivity (Wildman–Crippen MR) is 73.3 cm³/mol. The van der Waals surface area contributed by atoms with Gasteiger partial charge in [-0.3, -0.25) is 9.59 Å². The van der Waals surface area contributed by atoms with Crippen molar-refractivity contribution in [2.75, 3.05) is 12.8 Å². The van der Waals surface area contributed by atoms with Crippen molar-refractivity contribution < 1.29 is 23.1 Å². The summed E-state index contributed by atoms with van der Waals surface area (Å²) in [6.07, 6.45) is 1.50. The molecule has 0 radical (unpaired) electrons. The Morgan fingerprint density at radius 2 is 1.80 bits per heavy atom. The maximum absolute atomic E-state index is 11.8. The van der Waals surface area contributed by atoms with Gasteiger partial charge in [0.2, 0.25) is 0 Å². The van der Waals surface area contributed by atoms with Crippen LogP contribution < -0.4 is 5.32 Å². The molecule has 0 bridgehead atoms. The molecule has 0 saturated heterocycles. The van der Waals surface area contributed by atoms with Crippen molar-refractivity contribution in [1.29, 1.82) is 0 Å². The Balaban J connectivity index is 2.72. The van der Waals surface area contributed by atoms with Crippen molar-refractivity contribution in [2.24, 2.45) is 5.92 Å². The molecule has 0 heterocycles. The van der Waals surface area contributed by atoms with Crippen LogP contribution in [0.5, 0.6) is 0 Å². The molecule has 2 N–H and O–H groups in total. The highest BCUT2D eigenvalue weighted by Crippen LogP contribution is 2.10. The van der Waals surface area contributed by atoms with Crippen LogP contribution in [0.3, 0.4) is 0 Å². The Labute approximate surface area is 117 Å². The number of carbonyl (C=O) groups is 2. The zero-order valence-electron chi connectivity index (χ0n) is 11.3. The van der Waals surface area contributed by atoms with E-state index in [2.05, 4.69) is 5.32 Å². The lowest BCUT2D eigenvalue weighted by atomic mass is 10.1. The summed E-state index contributed by atoms with van der Waals surface area (Å²) in [6.45, 7) is 1.77. The minimum atomic E-state index is -3.30. The highest BCUT2D eigenvalue weighted by Gasteiger charge is 2.16. The number of carbonyl (C=O) groups excluding carboxylic acids is 1. The van der Waals surface area contributed by atoms with E-state index in [4.69, 9.17) is 5.11 Å². The quantitative estimate of drug-likeness (QED) is 0.814. The Kier molecular flexibility index (Phi) is 5.26. The fraction of sp³-hybridized carbons (Fsp3) is 0.385. The summed E-state index contributed by atoms with van der Waals surface area (Å²) >= 11 is 0. The highest BCUT2D eigenvalue weighted by atomic mass is 32.2. The van der Waals surface area contributed by atoms with Crippen LogP contribution in [0.1, 0.15) is 23.7 Å². The number of carboxylic acids is 1. The lowest BCUT2D eigenvalue weighted by molar-refractivity contribution is -0.141. The third-order valence-corrected chi connectivity index (χ3v) is 4.02. The van der Waals surface area contributed by atoms with E-state index in [-0.39, 0.29) is 17.0 Å². The summed E-state index contributed by atoms with van der Waals surface area (Å²) in [5, 5.41) is 11.4. The average Bonchev–Trinajstić information content (AvgIpc) is 2.38. The Morgan fingerprint density at radius 3 is 2.20 bits per heavy atom. The molecule has 1 amide bonds. The molecule has 0 aromatic heterocycles. The number of hydrogen-bond acceptors (Lipinski definition) is 4. The second kappa shape index (κ2) is 6.51. The summed E-state index contributed by atoms with van der Waals surface area (Å²) < 4.78 is 22.6. The first-order chi connectivity index (χ1) is 9.25. The van der Waals surface area contributed by atoms with Crippen LogP contribution >= 0.6 is 0 Å². The molecule has 6 nitrogen and oxygen atoms in total. The molecule has 0 aliphatic rings. The standard InChI is InChI=1S/C13H17NO5S/c1-3-9(13(16)17)8-14-12(15)10-4-6-11(7-5-10)20(2,18)19/h4-7,9H,3,8H2,1-2H3,(H,14,15)(H,16,17). The molecule has 20 heavy (non-hydrogen) atoms. The van der Waals surface area contributed by atoms with E-state index >= 15 is 0 Å². The maximum atomic E-state index is 11.8. The SMILES string of the molecule is CCC(CNC(=O)c1ccc(S(C)(=O)=O)cc1)C(=O)O. The number of hydrogen-bond donors (Lipinski definition) is 2. The van der Waals surface area contributed by atoms with Gasteiger partial charge in [-0.15, -0.1) is 0 Å². The third-order valence-electron chi connectivity index (χ3n) is 2.90. The van der Waals surface area contributed by atoms with Gasteiger partial charge < -0.3 is 10.4 Å². The van der Waals surface area contributed by atoms with Gasteiger partial charge in [0.15, 0.2) is 9.84 Å². The van der Waals surface area contributed by atoms with E-state index in [1.54, 1.807) is 6.92 Å². The summed E-state index contributed by atoms with van der Waals surface area (Å²) in [4.78, 5) is 22.7. The number of aliphatic carboxylic acids is 1. The number of amides is 1. The minimum absolute atomic E-state index is 0.0402. The summed E-state index contributed by atoms with van der Waals surface area (Å²) in [6, 6.07) is 5.48. The minimum Gasteiger partial charge on any atom is -0.481 e. The molecule has 0 spiro atoms. The van der Waals surface area contributed by atoms with E-state index in [9.17, 15) is 18.0 Å². The van der Waals surface area contributed by atoms with Crippen LogP contribution in [0.15, 0.2) is 29.2 Å². The molecule has 1 aromatic carbocycles. The van der Waals surface area contributed by atoms with Crippen LogP contribution in [0.2, 0.25) is 0 Å². The van der Waals surface area contributed by atoms with Gasteiger partial charge in [-0.25, -0.2) is 8.42 Å². The summed E-state index contributed by atoms with van der Waals surface area (Å²) in [7, 11) is -3.30. The molecule has 0 fully saturated rings. The first-order valence-electron chi connectivity index (χ1n) is 6.06. The normalized spacial score (nSPS) is 12.7. The largest absolute Gasteiger partial charge is 0.481 e. The van der Waals surface area contributed by atoms with Gasteiger partial charge in [0.25, 0.3) is 5.91 Å². The summed E-state index contributed by atoms with van der Waals surface area (Å²) in [5.74, 6) is -2.01. The number of carboxylic acid groups (broad SMARTS) is 1. The number of sulfone groups is 1. The van der Waals surface area contributed by atoms with E-state index in [1.807, 2.05) is 0 Å². The lowest BCUT2D eigenvalue weighted by Gasteiger charge is -2.11. The van der Waals surface area contributed by atoms with E-state index < -0.39 is 27.6 Å². The Hall–Kier alpha value is -1.89. The molecule has 1 rings (SSSR count). The van der Waals surface area contributed by atoms with E-state index in [0.717, 1.165) is 6.26 Å². The molecule has 0 saturated carbocycles. The Morgan fingerprint density at radius 1 is 1.25 bits per heavy atom. The Bertz CT molecular complexity index is 592. The number of nitrogens with one attached hydrogen (secondary N) is 1. The smallest absolute Gasteiger partial charge is 0.308 e. The first-order valence-corrected chi connectivity index (χ1v) is 7.96. The molecule has 1 aromatic rings. The zero-order chi connectivity index (χ0) is 15.3. The van der Waals surface area contributed by atoms with Crippen LogP contribution in [-0.4, -0.2) is 38.2 Å². The van der Waals surface area contributed by atoms with Crippen LogP contribution in [0.4, 0.5) is 0 Å². The fourth-order valence-electron chi connectivity index (χ4n) is 1.58. The second-order valence-corrected chi connectivity index (χ2v) is 6.47. The van der Waals surface area contributed by atoms with Crippen molar-refractivity contribution in [3.63, 3.8) is 0 Å². The molecule has 110 valence electrons. The van der Waals surface area contributed by atoms with Gasteiger partial charge in [0, 0.05) is 18.4 Å². The molecular weight excluding hydrogens is 282 g/mol. The topological polar surface area (TPSA) is 101 Å². The number of benzene rings is 1. The van der Waals surface area contributed by atoms with Crippen molar-refractivity contribution in [3.8, 4) is 0 Å². The molecule has 1 atom stereocenters. The van der Waals surface area contributed by atoms with Crippen LogP contribution in [0, 0.1) is 5.92 Å². The van der Waals surface area contributed by atoms with E-state index in [0.29, 0.717) is 6.42 Å². The molecule has 7 heteroatoms. The van der Waals surface area contributed by atoms with Gasteiger partial charge in [0.05, 0.1) is 10.8 Å². The van der Waals surface area contributed by atoms with Gasteiger partial charge in [-0.05, 0) is 30.7 Å². The second-order valence-electron chi connectivity index (χ2n) is 4.45. The monoisotopic (exact) mass is 299 g/mol. The third kappa shape index (κ3) is 4.34. The van der Waals surface area contributed by atoms with Gasteiger partial charge in [-0.1, -0.05) is 6.92 Å². The lowest BCUT2D eigenvalue weighted by Crippen LogP contribution is -2.32. The van der Waals surface area contributed by atoms with Crippen LogP contribution in [-0.2, 0) is 14.6 Å². The van der Waals surface area contributed by atoms with Gasteiger partial charge in [0.1, 0.15) is 0 Å². The number of rotatable bonds is 6. The van der Waals surface area contributed by atoms with Crippen molar-refractivity contribution in [2.45, 2.75) is 18.2 Å². The average molecular weight is 299 g/mol. The first kappa shape index (κ1) is 16.2. The maximum Gasteiger partial charge on any atom is 0.308 e. The van der Waals surface area contributed by atoms with Crippen molar-refractivity contribution >= 4 is 21.7 Å². The van der Waals surface area contributed by atoms with Crippen molar-refractivity contribution in [3.05, 3.63) is 29.8 Å². The van der Waals surface area contributed by atoms with Crippen molar-refractivity contribution in [1.82, 2.24) is 5.32 Å². The predicted octanol–water partition coefficient (Wildman–Crippen LogP) is 0.931. The molecule has 0 aliphatic carbocycles. The molecule has 1 unspecified atom stereocenters. The van der Waals surface area contributed by atoms with E-state index in [1.165, 1.54) is 24.3 Å². The summed E-state index contributed by atoms with van der Waals surface area (Å²) in [5.41, 5.74) is 0.289. The van der Waals surface area contributed by atoms with Crippen LogP contribution in [0.25, 0.3) is 0 Å². The zero-order valence-corrected chi connectivity index (χ0v) is 12.1. The molecular formula is C13H17NO5S. The van der Waals surface area contributed by atoms with Gasteiger partial charge >= 0.3 is 5.97 Å². The highest BCUT2D eigenvalue weighted by molar-refractivity contribution is 7.90.